The average Bonchev–Trinajstić information content (AvgIpc) is 2.74. The first-order valence-corrected chi connectivity index (χ1v) is 10.9. The van der Waals surface area contributed by atoms with Crippen molar-refractivity contribution in [3.05, 3.63) is 94.0 Å². The van der Waals surface area contributed by atoms with E-state index in [4.69, 9.17) is 21.4 Å². The molecule has 0 aliphatic carbocycles. The van der Waals surface area contributed by atoms with Crippen molar-refractivity contribution in [3.8, 4) is 5.75 Å². The Kier molecular flexibility index (Phi) is 8.09. The second kappa shape index (κ2) is 11.0. The van der Waals surface area contributed by atoms with Crippen LogP contribution in [0.5, 0.6) is 5.75 Å². The fourth-order valence-corrected chi connectivity index (χ4v) is 4.19. The lowest BCUT2D eigenvalue weighted by molar-refractivity contribution is -0.131. The van der Waals surface area contributed by atoms with Crippen molar-refractivity contribution in [2.45, 2.75) is 24.0 Å². The SMILES string of the molecule is Cc1cccc(Cl)c1SCc1ccc(OCCc2ccc(F)cc2)c(C=CC(=O)O)n1. The van der Waals surface area contributed by atoms with E-state index in [1.807, 2.05) is 31.2 Å². The van der Waals surface area contributed by atoms with E-state index in [1.165, 1.54) is 18.2 Å². The molecule has 3 rings (SSSR count). The van der Waals surface area contributed by atoms with Gasteiger partial charge in [-0.25, -0.2) is 14.2 Å². The summed E-state index contributed by atoms with van der Waals surface area (Å²) in [4.78, 5) is 16.5. The Bertz CT molecular complexity index is 1070. The summed E-state index contributed by atoms with van der Waals surface area (Å²) in [7, 11) is 0. The van der Waals surface area contributed by atoms with Crippen LogP contribution in [-0.2, 0) is 17.0 Å². The molecule has 0 radical (unpaired) electrons. The molecule has 7 heteroatoms. The first kappa shape index (κ1) is 22.8. The van der Waals surface area contributed by atoms with E-state index in [0.29, 0.717) is 35.2 Å². The lowest BCUT2D eigenvalue weighted by Gasteiger charge is -2.11. The van der Waals surface area contributed by atoms with E-state index in [1.54, 1.807) is 30.0 Å². The maximum absolute atomic E-state index is 13.0. The van der Waals surface area contributed by atoms with Crippen molar-refractivity contribution >= 4 is 35.4 Å². The minimum Gasteiger partial charge on any atom is -0.491 e. The van der Waals surface area contributed by atoms with Gasteiger partial charge in [-0.15, -0.1) is 11.8 Å². The fourth-order valence-electron chi connectivity index (χ4n) is 2.85. The molecular formula is C24H21ClFNO3S. The number of nitrogens with zero attached hydrogens (tertiary/aromatic N) is 1. The summed E-state index contributed by atoms with van der Waals surface area (Å²) in [6, 6.07) is 15.6. The summed E-state index contributed by atoms with van der Waals surface area (Å²) in [5.74, 6) is -0.280. The largest absolute Gasteiger partial charge is 0.491 e. The number of aliphatic carboxylic acids is 1. The Balaban J connectivity index is 1.71. The van der Waals surface area contributed by atoms with Gasteiger partial charge in [0.25, 0.3) is 0 Å². The van der Waals surface area contributed by atoms with E-state index < -0.39 is 5.97 Å². The molecule has 0 amide bonds. The summed E-state index contributed by atoms with van der Waals surface area (Å²) in [5, 5.41) is 9.68. The van der Waals surface area contributed by atoms with Crippen LogP contribution in [0.15, 0.2) is 65.6 Å². The molecule has 2 aromatic carbocycles. The average molecular weight is 458 g/mol. The number of ether oxygens (including phenoxy) is 1. The van der Waals surface area contributed by atoms with Crippen molar-refractivity contribution in [2.75, 3.05) is 6.61 Å². The third-order valence-electron chi connectivity index (χ3n) is 4.42. The molecule has 0 atom stereocenters. The second-order valence-electron chi connectivity index (χ2n) is 6.76. The number of pyridine rings is 1. The highest BCUT2D eigenvalue weighted by molar-refractivity contribution is 7.98. The Morgan fingerprint density at radius 1 is 1.19 bits per heavy atom. The number of carboxylic acids is 1. The minimum atomic E-state index is -1.06. The number of carboxylic acid groups (broad SMARTS) is 1. The van der Waals surface area contributed by atoms with Gasteiger partial charge in [-0.1, -0.05) is 35.9 Å². The van der Waals surface area contributed by atoms with E-state index in [9.17, 15) is 9.18 Å². The molecule has 0 fully saturated rings. The molecule has 31 heavy (non-hydrogen) atoms. The molecule has 1 heterocycles. The Morgan fingerprint density at radius 3 is 2.68 bits per heavy atom. The van der Waals surface area contributed by atoms with Crippen LogP contribution >= 0.6 is 23.4 Å². The Morgan fingerprint density at radius 2 is 1.97 bits per heavy atom. The number of hydrogen-bond acceptors (Lipinski definition) is 4. The van der Waals surface area contributed by atoms with Gasteiger partial charge >= 0.3 is 5.97 Å². The fraction of sp³-hybridized carbons (Fsp3) is 0.167. The molecule has 160 valence electrons. The van der Waals surface area contributed by atoms with Crippen molar-refractivity contribution < 1.29 is 19.0 Å². The van der Waals surface area contributed by atoms with E-state index in [-0.39, 0.29) is 5.82 Å². The van der Waals surface area contributed by atoms with Crippen molar-refractivity contribution in [1.29, 1.82) is 0 Å². The molecule has 0 saturated heterocycles. The van der Waals surface area contributed by atoms with Gasteiger partial charge in [-0.2, -0.15) is 0 Å². The number of aryl methyl sites for hydroxylation is 1. The zero-order valence-corrected chi connectivity index (χ0v) is 18.4. The van der Waals surface area contributed by atoms with Crippen LogP contribution in [0.4, 0.5) is 4.39 Å². The Hall–Kier alpha value is -2.83. The van der Waals surface area contributed by atoms with Crippen LogP contribution in [0.1, 0.15) is 22.5 Å². The summed E-state index contributed by atoms with van der Waals surface area (Å²) >= 11 is 7.87. The summed E-state index contributed by atoms with van der Waals surface area (Å²) in [6.07, 6.45) is 3.04. The second-order valence-corrected chi connectivity index (χ2v) is 8.15. The van der Waals surface area contributed by atoms with Crippen molar-refractivity contribution in [2.24, 2.45) is 0 Å². The third-order valence-corrected chi connectivity index (χ3v) is 6.11. The molecule has 1 N–H and O–H groups in total. The number of thioether (sulfide) groups is 1. The molecule has 0 saturated carbocycles. The number of hydrogen-bond donors (Lipinski definition) is 1. The highest BCUT2D eigenvalue weighted by Gasteiger charge is 2.09. The highest BCUT2D eigenvalue weighted by atomic mass is 35.5. The number of rotatable bonds is 9. The number of aromatic nitrogens is 1. The summed E-state index contributed by atoms with van der Waals surface area (Å²) < 4.78 is 18.9. The predicted molar refractivity (Wildman–Crippen MR) is 122 cm³/mol. The standard InChI is InChI=1S/C24H21ClFNO3S/c1-16-3-2-4-20(25)24(16)31-15-19-9-11-22(21(27-19)10-12-23(28)29)30-14-13-17-5-7-18(26)8-6-17/h2-12H,13-15H2,1H3,(H,28,29). The van der Waals surface area contributed by atoms with Gasteiger partial charge in [0.05, 0.1) is 17.3 Å². The molecular weight excluding hydrogens is 437 g/mol. The van der Waals surface area contributed by atoms with Gasteiger partial charge in [-0.3, -0.25) is 0 Å². The van der Waals surface area contributed by atoms with E-state index in [2.05, 4.69) is 4.98 Å². The molecule has 0 unspecified atom stereocenters. The predicted octanol–water partition coefficient (Wildman–Crippen LogP) is 6.19. The molecule has 0 bridgehead atoms. The third kappa shape index (κ3) is 6.84. The molecule has 0 aliphatic rings. The van der Waals surface area contributed by atoms with Gasteiger partial charge in [0, 0.05) is 23.1 Å². The first-order chi connectivity index (χ1) is 14.9. The normalized spacial score (nSPS) is 11.1. The summed E-state index contributed by atoms with van der Waals surface area (Å²) in [5.41, 5.74) is 3.25. The van der Waals surface area contributed by atoms with Crippen LogP contribution in [0.25, 0.3) is 6.08 Å². The molecule has 0 aliphatic heterocycles. The van der Waals surface area contributed by atoms with Crippen LogP contribution in [0.3, 0.4) is 0 Å². The quantitative estimate of drug-likeness (QED) is 0.306. The van der Waals surface area contributed by atoms with E-state index in [0.717, 1.165) is 27.8 Å². The summed E-state index contributed by atoms with van der Waals surface area (Å²) in [6.45, 7) is 2.36. The first-order valence-electron chi connectivity index (χ1n) is 9.58. The van der Waals surface area contributed by atoms with Gasteiger partial charge in [0.1, 0.15) is 17.3 Å². The topological polar surface area (TPSA) is 59.4 Å². The maximum Gasteiger partial charge on any atom is 0.328 e. The molecule has 1 aromatic heterocycles. The number of benzene rings is 2. The lowest BCUT2D eigenvalue weighted by atomic mass is 10.1. The van der Waals surface area contributed by atoms with Crippen LogP contribution in [0, 0.1) is 12.7 Å². The monoisotopic (exact) mass is 457 g/mol. The zero-order chi connectivity index (χ0) is 22.2. The van der Waals surface area contributed by atoms with Gasteiger partial charge in [-0.05, 0) is 54.5 Å². The smallest absolute Gasteiger partial charge is 0.328 e. The molecule has 0 spiro atoms. The molecule has 3 aromatic rings. The van der Waals surface area contributed by atoms with Crippen LogP contribution in [0.2, 0.25) is 5.02 Å². The van der Waals surface area contributed by atoms with Gasteiger partial charge in [0.15, 0.2) is 0 Å². The van der Waals surface area contributed by atoms with Gasteiger partial charge in [0.2, 0.25) is 0 Å². The van der Waals surface area contributed by atoms with Crippen LogP contribution < -0.4 is 4.74 Å². The number of carbonyl (C=O) groups is 1. The number of halogens is 2. The highest BCUT2D eigenvalue weighted by Crippen LogP contribution is 2.32. The van der Waals surface area contributed by atoms with Crippen molar-refractivity contribution in [1.82, 2.24) is 4.98 Å². The minimum absolute atomic E-state index is 0.282. The van der Waals surface area contributed by atoms with Crippen molar-refractivity contribution in [3.63, 3.8) is 0 Å². The van der Waals surface area contributed by atoms with Crippen LogP contribution in [-0.4, -0.2) is 22.7 Å². The maximum atomic E-state index is 13.0. The van der Waals surface area contributed by atoms with Gasteiger partial charge < -0.3 is 9.84 Å². The Labute approximate surface area is 189 Å². The van der Waals surface area contributed by atoms with E-state index >= 15 is 0 Å². The zero-order valence-electron chi connectivity index (χ0n) is 16.8. The molecule has 4 nitrogen and oxygen atoms in total. The lowest BCUT2D eigenvalue weighted by Crippen LogP contribution is -2.04.